The number of allylic oxidation sites excluding steroid dienone is 1. The summed E-state index contributed by atoms with van der Waals surface area (Å²) in [6.07, 6.45) is 10.7. The highest BCUT2D eigenvalue weighted by Crippen LogP contribution is 2.33. The molecule has 5 rings (SSSR count). The largest absolute Gasteiger partial charge is 0.358 e. The molecule has 9 heteroatoms. The second-order valence-corrected chi connectivity index (χ2v) is 8.50. The van der Waals surface area contributed by atoms with Gasteiger partial charge in [-0.3, -0.25) is 25.0 Å². The first-order valence-electron chi connectivity index (χ1n) is 11.7. The summed E-state index contributed by atoms with van der Waals surface area (Å²) in [4.78, 5) is 17.3. The minimum absolute atomic E-state index is 0.163. The first-order chi connectivity index (χ1) is 18.0. The van der Waals surface area contributed by atoms with Crippen molar-refractivity contribution in [3.8, 4) is 22.5 Å². The van der Waals surface area contributed by atoms with Crippen LogP contribution in [0.25, 0.3) is 39.1 Å². The van der Waals surface area contributed by atoms with Gasteiger partial charge in [0.15, 0.2) is 5.82 Å². The zero-order valence-corrected chi connectivity index (χ0v) is 20.5. The zero-order valence-electron chi connectivity index (χ0n) is 20.5. The summed E-state index contributed by atoms with van der Waals surface area (Å²) in [5, 5.41) is 13.9. The maximum atomic E-state index is 15.9. The van der Waals surface area contributed by atoms with E-state index in [2.05, 4.69) is 53.9 Å². The molecule has 0 saturated carbocycles. The third kappa shape index (κ3) is 4.66. The Morgan fingerprint density at radius 2 is 1.86 bits per heavy atom. The van der Waals surface area contributed by atoms with E-state index in [9.17, 15) is 0 Å². The molecular formula is C28H25FN8. The number of nitrogens with one attached hydrogen (secondary N) is 3. The fourth-order valence-corrected chi connectivity index (χ4v) is 3.98. The number of hydrogen-bond acceptors (Lipinski definition) is 7. The van der Waals surface area contributed by atoms with Gasteiger partial charge < -0.3 is 10.6 Å². The summed E-state index contributed by atoms with van der Waals surface area (Å²) in [6.45, 7) is 12.0. The summed E-state index contributed by atoms with van der Waals surface area (Å²) < 4.78 is 15.9. The van der Waals surface area contributed by atoms with E-state index in [1.54, 1.807) is 43.2 Å². The molecule has 37 heavy (non-hydrogen) atoms. The fraction of sp³-hybridized carbons (Fsp3) is 0.107. The van der Waals surface area contributed by atoms with E-state index in [0.717, 1.165) is 34.6 Å². The first-order valence-corrected chi connectivity index (χ1v) is 11.7. The average Bonchev–Trinajstić information content (AvgIpc) is 3.36. The number of fused-ring (bicyclic) bond motifs is 1. The van der Waals surface area contributed by atoms with Gasteiger partial charge in [-0.2, -0.15) is 5.10 Å². The number of anilines is 2. The van der Waals surface area contributed by atoms with Crippen LogP contribution in [0.15, 0.2) is 80.3 Å². The standard InChI is InChI=1S/C28H25FN8/c1-5-16(2)34-20-10-19(11-30-12-20)28-26(29)25-24(15-33-28)36-37-27(25)18(4)35-23-14-31-13-21(17(23)3)22-8-6-7-9-32-22/h6-15,34-35H,2,4-5H2,1,3H3,(H,36,37). The number of rotatable bonds is 8. The van der Waals surface area contributed by atoms with Crippen molar-refractivity contribution in [3.05, 3.63) is 97.4 Å². The predicted molar refractivity (Wildman–Crippen MR) is 145 cm³/mol. The van der Waals surface area contributed by atoms with Gasteiger partial charge in [0.25, 0.3) is 0 Å². The lowest BCUT2D eigenvalue weighted by Gasteiger charge is -2.14. The summed E-state index contributed by atoms with van der Waals surface area (Å²) >= 11 is 0. The van der Waals surface area contributed by atoms with Gasteiger partial charge in [-0.15, -0.1) is 0 Å². The molecule has 184 valence electrons. The maximum Gasteiger partial charge on any atom is 0.161 e. The van der Waals surface area contributed by atoms with E-state index in [4.69, 9.17) is 0 Å². The molecule has 5 heterocycles. The molecule has 0 bridgehead atoms. The van der Waals surface area contributed by atoms with Crippen molar-refractivity contribution in [2.45, 2.75) is 20.3 Å². The van der Waals surface area contributed by atoms with E-state index in [1.807, 2.05) is 32.0 Å². The molecule has 0 unspecified atom stereocenters. The molecular weight excluding hydrogens is 467 g/mol. The third-order valence-electron chi connectivity index (χ3n) is 6.03. The fourth-order valence-electron chi connectivity index (χ4n) is 3.98. The number of hydrogen-bond donors (Lipinski definition) is 3. The van der Waals surface area contributed by atoms with Crippen LogP contribution in [-0.2, 0) is 0 Å². The highest BCUT2D eigenvalue weighted by atomic mass is 19.1. The van der Waals surface area contributed by atoms with Crippen LogP contribution in [0.3, 0.4) is 0 Å². The van der Waals surface area contributed by atoms with Crippen molar-refractivity contribution < 1.29 is 4.39 Å². The van der Waals surface area contributed by atoms with E-state index < -0.39 is 5.82 Å². The van der Waals surface area contributed by atoms with Crippen LogP contribution in [0.1, 0.15) is 24.6 Å². The van der Waals surface area contributed by atoms with Gasteiger partial charge in [0, 0.05) is 35.4 Å². The van der Waals surface area contributed by atoms with Crippen LogP contribution >= 0.6 is 0 Å². The normalized spacial score (nSPS) is 10.9. The molecule has 0 saturated heterocycles. The molecule has 5 aromatic rings. The van der Waals surface area contributed by atoms with Crippen molar-refractivity contribution in [2.24, 2.45) is 0 Å². The number of pyridine rings is 4. The van der Waals surface area contributed by atoms with Gasteiger partial charge in [-0.05, 0) is 37.1 Å². The smallest absolute Gasteiger partial charge is 0.161 e. The highest BCUT2D eigenvalue weighted by molar-refractivity contribution is 5.95. The van der Waals surface area contributed by atoms with E-state index in [-0.39, 0.29) is 11.1 Å². The maximum absolute atomic E-state index is 15.9. The third-order valence-corrected chi connectivity index (χ3v) is 6.03. The van der Waals surface area contributed by atoms with Gasteiger partial charge in [0.2, 0.25) is 0 Å². The molecule has 3 N–H and O–H groups in total. The molecule has 0 aliphatic heterocycles. The van der Waals surface area contributed by atoms with Crippen molar-refractivity contribution >= 4 is 28.0 Å². The Morgan fingerprint density at radius 1 is 1.03 bits per heavy atom. The van der Waals surface area contributed by atoms with Crippen LogP contribution in [0, 0.1) is 12.7 Å². The van der Waals surface area contributed by atoms with Gasteiger partial charge in [-0.25, -0.2) is 4.39 Å². The molecule has 5 aromatic heterocycles. The number of H-pyrrole nitrogens is 1. The Kier molecular flexibility index (Phi) is 6.42. The predicted octanol–water partition coefficient (Wildman–Crippen LogP) is 6.34. The van der Waals surface area contributed by atoms with E-state index in [0.29, 0.717) is 28.2 Å². The van der Waals surface area contributed by atoms with Crippen LogP contribution in [0.2, 0.25) is 0 Å². The van der Waals surface area contributed by atoms with Gasteiger partial charge >= 0.3 is 0 Å². The van der Waals surface area contributed by atoms with E-state index >= 15 is 4.39 Å². The molecule has 0 aliphatic carbocycles. The lowest BCUT2D eigenvalue weighted by atomic mass is 10.1. The molecule has 0 radical (unpaired) electrons. The Morgan fingerprint density at radius 3 is 2.65 bits per heavy atom. The number of nitrogens with zero attached hydrogens (tertiary/aromatic N) is 5. The summed E-state index contributed by atoms with van der Waals surface area (Å²) in [7, 11) is 0. The van der Waals surface area contributed by atoms with Gasteiger partial charge in [0.05, 0.1) is 52.3 Å². The number of halogens is 1. The van der Waals surface area contributed by atoms with Crippen molar-refractivity contribution in [3.63, 3.8) is 0 Å². The second kappa shape index (κ2) is 9.98. The molecule has 0 atom stereocenters. The van der Waals surface area contributed by atoms with E-state index in [1.165, 1.54) is 0 Å². The minimum atomic E-state index is -0.519. The van der Waals surface area contributed by atoms with Crippen LogP contribution in [0.4, 0.5) is 15.8 Å². The van der Waals surface area contributed by atoms with Crippen LogP contribution in [0.5, 0.6) is 0 Å². The van der Waals surface area contributed by atoms with Crippen LogP contribution in [-0.4, -0.2) is 30.1 Å². The molecule has 0 aliphatic rings. The highest BCUT2D eigenvalue weighted by Gasteiger charge is 2.20. The Balaban J connectivity index is 1.49. The SMILES string of the molecule is C=C(CC)Nc1cncc(-c2ncc3[nH]nc(C(=C)Nc4cncc(-c5ccccn5)c4C)c3c2F)c1. The van der Waals surface area contributed by atoms with Crippen LogP contribution < -0.4 is 10.6 Å². The second-order valence-electron chi connectivity index (χ2n) is 8.50. The van der Waals surface area contributed by atoms with Crippen molar-refractivity contribution in [2.75, 3.05) is 10.6 Å². The Labute approximate surface area is 213 Å². The number of aromatic amines is 1. The average molecular weight is 493 g/mol. The lowest BCUT2D eigenvalue weighted by molar-refractivity contribution is 0.638. The number of aromatic nitrogens is 6. The zero-order chi connectivity index (χ0) is 25.9. The quantitative estimate of drug-likeness (QED) is 0.232. The molecule has 0 amide bonds. The molecule has 0 fully saturated rings. The lowest BCUT2D eigenvalue weighted by Crippen LogP contribution is -2.03. The van der Waals surface area contributed by atoms with Crippen molar-refractivity contribution in [1.29, 1.82) is 0 Å². The molecule has 8 nitrogen and oxygen atoms in total. The molecule has 0 spiro atoms. The topological polar surface area (TPSA) is 104 Å². The summed E-state index contributed by atoms with van der Waals surface area (Å²) in [5.74, 6) is -0.519. The minimum Gasteiger partial charge on any atom is -0.358 e. The Hall–Kier alpha value is -4.92. The monoisotopic (exact) mass is 492 g/mol. The summed E-state index contributed by atoms with van der Waals surface area (Å²) in [5.41, 5.74) is 6.80. The van der Waals surface area contributed by atoms with Crippen molar-refractivity contribution in [1.82, 2.24) is 30.1 Å². The van der Waals surface area contributed by atoms with Gasteiger partial charge in [0.1, 0.15) is 11.4 Å². The molecule has 0 aromatic carbocycles. The van der Waals surface area contributed by atoms with Gasteiger partial charge in [-0.1, -0.05) is 26.1 Å². The first kappa shape index (κ1) is 23.8. The summed E-state index contributed by atoms with van der Waals surface area (Å²) in [6, 6.07) is 7.50. The Bertz CT molecular complexity index is 1620.